The number of benzene rings is 1. The molecular formula is C23H26N4O4. The maximum Gasteiger partial charge on any atom is 0.257 e. The van der Waals surface area contributed by atoms with Crippen LogP contribution in [0.15, 0.2) is 58.1 Å². The summed E-state index contributed by atoms with van der Waals surface area (Å²) >= 11 is 0. The Labute approximate surface area is 180 Å². The molecule has 2 aromatic heterocycles. The van der Waals surface area contributed by atoms with Crippen molar-refractivity contribution >= 4 is 11.8 Å². The lowest BCUT2D eigenvalue weighted by molar-refractivity contribution is 0.0947. The third-order valence-electron chi connectivity index (χ3n) is 5.02. The molecule has 3 rings (SSSR count). The number of nitrogens with one attached hydrogen (secondary N) is 2. The molecule has 1 unspecified atom stereocenters. The van der Waals surface area contributed by atoms with E-state index in [1.807, 2.05) is 44.2 Å². The minimum absolute atomic E-state index is 0.0179. The van der Waals surface area contributed by atoms with E-state index in [2.05, 4.69) is 15.8 Å². The van der Waals surface area contributed by atoms with Crippen LogP contribution in [0.5, 0.6) is 0 Å². The molecule has 0 fully saturated rings. The van der Waals surface area contributed by atoms with Crippen molar-refractivity contribution in [1.29, 1.82) is 0 Å². The SMILES string of the molecule is CCNC(=O)c1cn(C(C)CC)cc(C(=O)NCc2cc(-c3ccccc3)on2)c1=O. The highest BCUT2D eigenvalue weighted by atomic mass is 16.5. The van der Waals surface area contributed by atoms with Gasteiger partial charge >= 0.3 is 0 Å². The van der Waals surface area contributed by atoms with Gasteiger partial charge in [-0.15, -0.1) is 0 Å². The van der Waals surface area contributed by atoms with E-state index in [0.29, 0.717) is 18.0 Å². The van der Waals surface area contributed by atoms with Crippen LogP contribution in [0.25, 0.3) is 11.3 Å². The van der Waals surface area contributed by atoms with E-state index in [9.17, 15) is 14.4 Å². The molecule has 8 nitrogen and oxygen atoms in total. The maximum atomic E-state index is 12.8. The predicted octanol–water partition coefficient (Wildman–Crippen LogP) is 3.15. The summed E-state index contributed by atoms with van der Waals surface area (Å²) in [6.07, 6.45) is 3.77. The molecule has 2 N–H and O–H groups in total. The lowest BCUT2D eigenvalue weighted by Gasteiger charge is -2.17. The van der Waals surface area contributed by atoms with Crippen molar-refractivity contribution < 1.29 is 14.1 Å². The van der Waals surface area contributed by atoms with Gasteiger partial charge in [0.15, 0.2) is 5.76 Å². The fourth-order valence-corrected chi connectivity index (χ4v) is 3.04. The van der Waals surface area contributed by atoms with Gasteiger partial charge in [0.25, 0.3) is 11.8 Å². The lowest BCUT2D eigenvalue weighted by atomic mass is 10.1. The van der Waals surface area contributed by atoms with Crippen LogP contribution in [-0.4, -0.2) is 28.1 Å². The van der Waals surface area contributed by atoms with Crippen molar-refractivity contribution in [3.05, 3.63) is 75.8 Å². The van der Waals surface area contributed by atoms with Crippen molar-refractivity contribution in [2.24, 2.45) is 0 Å². The molecule has 1 atom stereocenters. The van der Waals surface area contributed by atoms with Gasteiger partial charge in [0.05, 0.1) is 6.54 Å². The molecule has 0 radical (unpaired) electrons. The van der Waals surface area contributed by atoms with Gasteiger partial charge in [0.2, 0.25) is 5.43 Å². The van der Waals surface area contributed by atoms with Crippen LogP contribution in [0.1, 0.15) is 59.6 Å². The van der Waals surface area contributed by atoms with Crippen LogP contribution >= 0.6 is 0 Å². The Balaban J connectivity index is 1.82. The first kappa shape index (κ1) is 22.0. The molecule has 0 spiro atoms. The van der Waals surface area contributed by atoms with E-state index in [4.69, 9.17) is 4.52 Å². The second-order valence-electron chi connectivity index (χ2n) is 7.21. The van der Waals surface area contributed by atoms with E-state index in [1.165, 1.54) is 12.4 Å². The molecule has 0 bridgehead atoms. The Morgan fingerprint density at radius 3 is 2.32 bits per heavy atom. The molecule has 2 heterocycles. The average molecular weight is 422 g/mol. The molecule has 0 aliphatic rings. The molecule has 8 heteroatoms. The van der Waals surface area contributed by atoms with E-state index >= 15 is 0 Å². The second kappa shape index (κ2) is 9.88. The Hall–Kier alpha value is -3.68. The number of carbonyl (C=O) groups excluding carboxylic acids is 2. The maximum absolute atomic E-state index is 12.8. The molecule has 1 aromatic carbocycles. The zero-order valence-electron chi connectivity index (χ0n) is 17.8. The minimum Gasteiger partial charge on any atom is -0.356 e. The minimum atomic E-state index is -0.604. The van der Waals surface area contributed by atoms with E-state index in [-0.39, 0.29) is 23.7 Å². The second-order valence-corrected chi connectivity index (χ2v) is 7.21. The standard InChI is InChI=1S/C23H26N4O4/c1-4-15(3)27-13-18(22(29)24-5-2)21(28)19(14-27)23(30)25-12-17-11-20(31-26-17)16-9-7-6-8-10-16/h6-11,13-15H,4-5,12H2,1-3H3,(H,24,29)(H,25,30). The summed E-state index contributed by atoms with van der Waals surface area (Å²) in [7, 11) is 0. The monoisotopic (exact) mass is 422 g/mol. The van der Waals surface area contributed by atoms with Gasteiger partial charge in [0, 0.05) is 36.6 Å². The van der Waals surface area contributed by atoms with Crippen molar-refractivity contribution in [1.82, 2.24) is 20.4 Å². The summed E-state index contributed by atoms with van der Waals surface area (Å²) in [5, 5.41) is 9.29. The number of pyridine rings is 1. The molecule has 3 aromatic rings. The van der Waals surface area contributed by atoms with Crippen molar-refractivity contribution in [3.63, 3.8) is 0 Å². The van der Waals surface area contributed by atoms with Crippen LogP contribution in [-0.2, 0) is 6.54 Å². The van der Waals surface area contributed by atoms with Gasteiger partial charge in [-0.2, -0.15) is 0 Å². The quantitative estimate of drug-likeness (QED) is 0.580. The number of carbonyl (C=O) groups is 2. The third kappa shape index (κ3) is 5.09. The summed E-state index contributed by atoms with van der Waals surface area (Å²) < 4.78 is 7.06. The summed E-state index contributed by atoms with van der Waals surface area (Å²) in [5.41, 5.74) is 0.652. The number of nitrogens with zero attached hydrogens (tertiary/aromatic N) is 2. The highest BCUT2D eigenvalue weighted by Crippen LogP contribution is 2.19. The van der Waals surface area contributed by atoms with Crippen molar-refractivity contribution in [2.75, 3.05) is 6.54 Å². The number of aromatic nitrogens is 2. The first-order chi connectivity index (χ1) is 14.9. The van der Waals surface area contributed by atoms with Crippen LogP contribution in [0.2, 0.25) is 0 Å². The van der Waals surface area contributed by atoms with E-state index in [1.54, 1.807) is 17.6 Å². The van der Waals surface area contributed by atoms with Crippen molar-refractivity contribution in [2.45, 2.75) is 39.8 Å². The number of hydrogen-bond donors (Lipinski definition) is 2. The largest absolute Gasteiger partial charge is 0.356 e. The number of rotatable bonds is 8. The zero-order valence-corrected chi connectivity index (χ0v) is 17.8. The zero-order chi connectivity index (χ0) is 22.4. The fraction of sp³-hybridized carbons (Fsp3) is 0.304. The van der Waals surface area contributed by atoms with Crippen molar-refractivity contribution in [3.8, 4) is 11.3 Å². The lowest BCUT2D eigenvalue weighted by Crippen LogP contribution is -2.35. The Morgan fingerprint density at radius 1 is 1.06 bits per heavy atom. The van der Waals surface area contributed by atoms with Gasteiger partial charge in [0.1, 0.15) is 16.8 Å². The van der Waals surface area contributed by atoms with Crippen LogP contribution in [0.4, 0.5) is 0 Å². The Bertz CT molecular complexity index is 1120. The third-order valence-corrected chi connectivity index (χ3v) is 5.02. The Kier molecular flexibility index (Phi) is 7.02. The molecule has 162 valence electrons. The molecule has 2 amide bonds. The smallest absolute Gasteiger partial charge is 0.257 e. The molecule has 0 aliphatic heterocycles. The molecular weight excluding hydrogens is 396 g/mol. The van der Waals surface area contributed by atoms with Gasteiger partial charge < -0.3 is 19.7 Å². The average Bonchev–Trinajstić information content (AvgIpc) is 3.27. The molecule has 0 aliphatic carbocycles. The topological polar surface area (TPSA) is 106 Å². The molecule has 0 saturated heterocycles. The van der Waals surface area contributed by atoms with E-state index < -0.39 is 17.2 Å². The van der Waals surface area contributed by atoms with Gasteiger partial charge in [-0.1, -0.05) is 42.4 Å². The number of hydrogen-bond acceptors (Lipinski definition) is 5. The van der Waals surface area contributed by atoms with Crippen LogP contribution in [0, 0.1) is 0 Å². The van der Waals surface area contributed by atoms with Gasteiger partial charge in [-0.05, 0) is 20.3 Å². The summed E-state index contributed by atoms with van der Waals surface area (Å²) in [6.45, 7) is 6.18. The normalized spacial score (nSPS) is 11.7. The first-order valence-electron chi connectivity index (χ1n) is 10.3. The summed E-state index contributed by atoms with van der Waals surface area (Å²) in [6, 6.07) is 11.2. The highest BCUT2D eigenvalue weighted by Gasteiger charge is 2.20. The molecule has 0 saturated carbocycles. The first-order valence-corrected chi connectivity index (χ1v) is 10.3. The fourth-order valence-electron chi connectivity index (χ4n) is 3.04. The number of amides is 2. The van der Waals surface area contributed by atoms with Crippen LogP contribution < -0.4 is 16.1 Å². The van der Waals surface area contributed by atoms with E-state index in [0.717, 1.165) is 12.0 Å². The molecule has 31 heavy (non-hydrogen) atoms. The Morgan fingerprint density at radius 2 is 1.71 bits per heavy atom. The van der Waals surface area contributed by atoms with Gasteiger partial charge in [-0.3, -0.25) is 14.4 Å². The highest BCUT2D eigenvalue weighted by molar-refractivity contribution is 5.99. The summed E-state index contributed by atoms with van der Waals surface area (Å²) in [5.74, 6) is -0.483. The van der Waals surface area contributed by atoms with Crippen LogP contribution in [0.3, 0.4) is 0 Å². The predicted molar refractivity (Wildman–Crippen MR) is 117 cm³/mol. The van der Waals surface area contributed by atoms with Gasteiger partial charge in [-0.25, -0.2) is 0 Å². The summed E-state index contributed by atoms with van der Waals surface area (Å²) in [4.78, 5) is 38.0.